The minimum Gasteiger partial charge on any atom is -0.333 e. The second-order valence-corrected chi connectivity index (χ2v) is 5.88. The molecule has 108 valence electrons. The Hall–Kier alpha value is -1.45. The number of carbonyl (C=O) groups is 1. The van der Waals surface area contributed by atoms with Crippen LogP contribution in [0, 0.1) is 5.92 Å². The summed E-state index contributed by atoms with van der Waals surface area (Å²) in [6.07, 6.45) is -0.760. The maximum absolute atomic E-state index is 13.2. The number of rotatable bonds is 3. The Morgan fingerprint density at radius 2 is 2.00 bits per heavy atom. The second kappa shape index (κ2) is 5.15. The average Bonchev–Trinajstić information content (AvgIpc) is 3.18. The van der Waals surface area contributed by atoms with Crippen LogP contribution in [-0.4, -0.2) is 36.2 Å². The smallest absolute Gasteiger partial charge is 0.254 e. The zero-order valence-corrected chi connectivity index (χ0v) is 11.6. The Kier molecular flexibility index (Phi) is 3.48. The first-order chi connectivity index (χ1) is 9.60. The van der Waals surface area contributed by atoms with Crippen molar-refractivity contribution in [1.82, 2.24) is 4.90 Å². The van der Waals surface area contributed by atoms with Gasteiger partial charge < -0.3 is 4.90 Å². The molecule has 0 spiro atoms. The summed E-state index contributed by atoms with van der Waals surface area (Å²) < 4.78 is 26.4. The minimum atomic E-state index is -1.55. The first-order valence-electron chi connectivity index (χ1n) is 7.27. The summed E-state index contributed by atoms with van der Waals surface area (Å²) >= 11 is 0. The van der Waals surface area contributed by atoms with Gasteiger partial charge in [0.05, 0.1) is 13.1 Å². The van der Waals surface area contributed by atoms with Crippen molar-refractivity contribution in [1.29, 1.82) is 0 Å². The molecule has 0 bridgehead atoms. The van der Waals surface area contributed by atoms with Gasteiger partial charge >= 0.3 is 0 Å². The Bertz CT molecular complexity index is 509. The fourth-order valence-corrected chi connectivity index (χ4v) is 3.08. The predicted octanol–water partition coefficient (Wildman–Crippen LogP) is 3.33. The Morgan fingerprint density at radius 3 is 2.60 bits per heavy atom. The molecule has 2 nitrogen and oxygen atoms in total. The molecular formula is C16H19F2NO. The quantitative estimate of drug-likeness (QED) is 0.831. The fourth-order valence-electron chi connectivity index (χ4n) is 3.08. The molecule has 1 saturated carbocycles. The maximum Gasteiger partial charge on any atom is 0.254 e. The molecule has 1 saturated heterocycles. The number of alkyl halides is 2. The van der Waals surface area contributed by atoms with Gasteiger partial charge in [-0.1, -0.05) is 25.5 Å². The van der Waals surface area contributed by atoms with Crippen LogP contribution in [0.15, 0.2) is 24.3 Å². The monoisotopic (exact) mass is 279 g/mol. The largest absolute Gasteiger partial charge is 0.333 e. The standard InChI is InChI=1S/C16H19F2NO/c1-2-10-7-13(10)11-4-3-5-12(6-11)16(20)19-8-14(17)15(18)9-19/h3-6,10,13-15H,2,7-9H2,1H3/t10-,13-,14-,15+/m0/s1. The third-order valence-corrected chi connectivity index (χ3v) is 4.48. The third-order valence-electron chi connectivity index (χ3n) is 4.48. The van der Waals surface area contributed by atoms with Crippen molar-refractivity contribution in [2.75, 3.05) is 13.1 Å². The summed E-state index contributed by atoms with van der Waals surface area (Å²) in [7, 11) is 0. The zero-order chi connectivity index (χ0) is 14.3. The normalized spacial score (nSPS) is 32.5. The Labute approximate surface area is 117 Å². The summed E-state index contributed by atoms with van der Waals surface area (Å²) in [5.41, 5.74) is 1.72. The molecule has 3 rings (SSSR count). The molecule has 0 N–H and O–H groups in total. The van der Waals surface area contributed by atoms with E-state index in [1.165, 1.54) is 16.9 Å². The van der Waals surface area contributed by atoms with Crippen LogP contribution in [0.25, 0.3) is 0 Å². The van der Waals surface area contributed by atoms with Gasteiger partial charge in [0.25, 0.3) is 5.91 Å². The first kappa shape index (κ1) is 13.5. The van der Waals surface area contributed by atoms with Gasteiger partial charge in [0.2, 0.25) is 0 Å². The van der Waals surface area contributed by atoms with Crippen molar-refractivity contribution < 1.29 is 13.6 Å². The highest BCUT2D eigenvalue weighted by molar-refractivity contribution is 5.94. The molecule has 4 atom stereocenters. The lowest BCUT2D eigenvalue weighted by molar-refractivity contribution is 0.0778. The molecule has 1 aromatic carbocycles. The topological polar surface area (TPSA) is 20.3 Å². The number of halogens is 2. The van der Waals surface area contributed by atoms with Crippen LogP contribution in [-0.2, 0) is 0 Å². The van der Waals surface area contributed by atoms with E-state index >= 15 is 0 Å². The van der Waals surface area contributed by atoms with Crippen LogP contribution in [0.3, 0.4) is 0 Å². The van der Waals surface area contributed by atoms with Crippen molar-refractivity contribution in [2.24, 2.45) is 5.92 Å². The van der Waals surface area contributed by atoms with Gasteiger partial charge in [0.1, 0.15) is 0 Å². The molecule has 1 aliphatic carbocycles. The fraction of sp³-hybridized carbons (Fsp3) is 0.562. The molecule has 20 heavy (non-hydrogen) atoms. The van der Waals surface area contributed by atoms with Gasteiger partial charge in [-0.2, -0.15) is 0 Å². The van der Waals surface area contributed by atoms with Crippen LogP contribution in [0.1, 0.15) is 41.6 Å². The maximum atomic E-state index is 13.2. The zero-order valence-electron chi connectivity index (χ0n) is 11.6. The number of carbonyl (C=O) groups excluding carboxylic acids is 1. The lowest BCUT2D eigenvalue weighted by Crippen LogP contribution is -2.29. The molecule has 4 heteroatoms. The van der Waals surface area contributed by atoms with E-state index in [-0.39, 0.29) is 19.0 Å². The molecule has 2 aliphatic rings. The van der Waals surface area contributed by atoms with Gasteiger partial charge in [-0.3, -0.25) is 4.79 Å². The molecule has 1 amide bonds. The Morgan fingerprint density at radius 1 is 1.30 bits per heavy atom. The molecule has 1 aliphatic heterocycles. The molecule has 2 fully saturated rings. The molecule has 1 heterocycles. The van der Waals surface area contributed by atoms with E-state index in [1.807, 2.05) is 18.2 Å². The van der Waals surface area contributed by atoms with Crippen LogP contribution >= 0.6 is 0 Å². The predicted molar refractivity (Wildman–Crippen MR) is 73.3 cm³/mol. The van der Waals surface area contributed by atoms with Gasteiger partial charge in [-0.15, -0.1) is 0 Å². The molecule has 0 aromatic heterocycles. The van der Waals surface area contributed by atoms with Crippen molar-refractivity contribution >= 4 is 5.91 Å². The highest BCUT2D eigenvalue weighted by Gasteiger charge is 2.38. The first-order valence-corrected chi connectivity index (χ1v) is 7.27. The number of likely N-dealkylation sites (tertiary alicyclic amines) is 1. The van der Waals surface area contributed by atoms with Crippen LogP contribution in [0.5, 0.6) is 0 Å². The van der Waals surface area contributed by atoms with E-state index in [2.05, 4.69) is 6.92 Å². The van der Waals surface area contributed by atoms with E-state index in [0.29, 0.717) is 11.5 Å². The lowest BCUT2D eigenvalue weighted by Gasteiger charge is -2.15. The van der Waals surface area contributed by atoms with Crippen molar-refractivity contribution in [3.05, 3.63) is 35.4 Å². The highest BCUT2D eigenvalue weighted by Crippen LogP contribution is 2.49. The highest BCUT2D eigenvalue weighted by atomic mass is 19.2. The lowest BCUT2D eigenvalue weighted by atomic mass is 10.0. The van der Waals surface area contributed by atoms with E-state index in [9.17, 15) is 13.6 Å². The van der Waals surface area contributed by atoms with Gasteiger partial charge in [-0.25, -0.2) is 8.78 Å². The molecular weight excluding hydrogens is 260 g/mol. The number of benzene rings is 1. The summed E-state index contributed by atoms with van der Waals surface area (Å²) in [5, 5.41) is 0. The summed E-state index contributed by atoms with van der Waals surface area (Å²) in [4.78, 5) is 13.6. The van der Waals surface area contributed by atoms with Crippen LogP contribution in [0.4, 0.5) is 8.78 Å². The summed E-state index contributed by atoms with van der Waals surface area (Å²) in [6, 6.07) is 7.52. The van der Waals surface area contributed by atoms with Crippen LogP contribution < -0.4 is 0 Å². The molecule has 0 unspecified atom stereocenters. The van der Waals surface area contributed by atoms with Gasteiger partial charge in [0, 0.05) is 5.56 Å². The number of hydrogen-bond acceptors (Lipinski definition) is 1. The van der Waals surface area contributed by atoms with Crippen LogP contribution in [0.2, 0.25) is 0 Å². The summed E-state index contributed by atoms with van der Waals surface area (Å²) in [6.45, 7) is 1.91. The van der Waals surface area contributed by atoms with E-state index < -0.39 is 12.3 Å². The van der Waals surface area contributed by atoms with E-state index in [1.54, 1.807) is 6.07 Å². The van der Waals surface area contributed by atoms with E-state index in [4.69, 9.17) is 0 Å². The van der Waals surface area contributed by atoms with Gasteiger partial charge in [0.15, 0.2) is 12.3 Å². The number of amides is 1. The van der Waals surface area contributed by atoms with E-state index in [0.717, 1.165) is 12.3 Å². The van der Waals surface area contributed by atoms with Gasteiger partial charge in [-0.05, 0) is 36.0 Å². The molecule has 0 radical (unpaired) electrons. The van der Waals surface area contributed by atoms with Crippen molar-refractivity contribution in [3.8, 4) is 0 Å². The Balaban J connectivity index is 1.74. The molecule has 1 aromatic rings. The average molecular weight is 279 g/mol. The van der Waals surface area contributed by atoms with Crippen molar-refractivity contribution in [3.63, 3.8) is 0 Å². The van der Waals surface area contributed by atoms with Crippen molar-refractivity contribution in [2.45, 2.75) is 38.0 Å². The second-order valence-electron chi connectivity index (χ2n) is 5.88. The third kappa shape index (κ3) is 2.43. The number of nitrogens with zero attached hydrogens (tertiary/aromatic N) is 1. The summed E-state index contributed by atoms with van der Waals surface area (Å²) in [5.74, 6) is 1.01. The SMILES string of the molecule is CC[C@H]1C[C@@H]1c1cccc(C(=O)N2C[C@@H](F)[C@@H](F)C2)c1. The number of hydrogen-bond donors (Lipinski definition) is 0. The minimum absolute atomic E-state index is 0.134.